The van der Waals surface area contributed by atoms with Gasteiger partial charge in [-0.2, -0.15) is 0 Å². The summed E-state index contributed by atoms with van der Waals surface area (Å²) in [5.74, 6) is 2.05. The van der Waals surface area contributed by atoms with Gasteiger partial charge in [0, 0.05) is 5.75 Å². The first-order valence-electron chi connectivity index (χ1n) is 7.91. The second kappa shape index (κ2) is 7.84. The Morgan fingerprint density at radius 3 is 2.77 bits per heavy atom. The van der Waals surface area contributed by atoms with Crippen LogP contribution in [0.25, 0.3) is 0 Å². The smallest absolute Gasteiger partial charge is 0.178 e. The number of benzene rings is 1. The zero-order chi connectivity index (χ0) is 16.2. The van der Waals surface area contributed by atoms with Crippen LogP contribution in [0, 0.1) is 11.8 Å². The van der Waals surface area contributed by atoms with Crippen LogP contribution in [0.15, 0.2) is 29.2 Å². The highest BCUT2D eigenvalue weighted by molar-refractivity contribution is 7.99. The largest absolute Gasteiger partial charge is 0.367 e. The topological polar surface area (TPSA) is 43.4 Å². The van der Waals surface area contributed by atoms with Crippen LogP contribution < -0.4 is 0 Å². The molecule has 0 aliphatic carbocycles. The Morgan fingerprint density at radius 1 is 1.36 bits per heavy atom. The van der Waals surface area contributed by atoms with E-state index in [1.54, 1.807) is 17.8 Å². The van der Waals surface area contributed by atoms with Crippen molar-refractivity contribution in [1.82, 2.24) is 0 Å². The van der Waals surface area contributed by atoms with Gasteiger partial charge in [-0.3, -0.25) is 0 Å². The predicted molar refractivity (Wildman–Crippen MR) is 92.8 cm³/mol. The average molecular weight is 343 g/mol. The van der Waals surface area contributed by atoms with Gasteiger partial charge in [0.25, 0.3) is 0 Å². The molecule has 0 saturated carbocycles. The summed E-state index contributed by atoms with van der Waals surface area (Å²) in [4.78, 5) is 0.451. The third-order valence-corrected chi connectivity index (χ3v) is 6.76. The highest BCUT2D eigenvalue weighted by Crippen LogP contribution is 2.30. The molecule has 0 radical (unpaired) electrons. The normalized spacial score (nSPS) is 22.4. The Kier molecular flexibility index (Phi) is 6.36. The monoisotopic (exact) mass is 342 g/mol. The number of hydrogen-bond acceptors (Lipinski definition) is 4. The molecule has 1 aromatic rings. The van der Waals surface area contributed by atoms with E-state index in [1.165, 1.54) is 0 Å². The lowest BCUT2D eigenvalue weighted by Crippen LogP contribution is -2.09. The van der Waals surface area contributed by atoms with Gasteiger partial charge in [0.2, 0.25) is 0 Å². The van der Waals surface area contributed by atoms with E-state index in [-0.39, 0.29) is 11.2 Å². The summed E-state index contributed by atoms with van der Waals surface area (Å²) >= 11 is 1.76. The maximum absolute atomic E-state index is 12.4. The van der Waals surface area contributed by atoms with Crippen molar-refractivity contribution in [3.05, 3.63) is 29.8 Å². The van der Waals surface area contributed by atoms with Crippen LogP contribution in [0.4, 0.5) is 0 Å². The summed E-state index contributed by atoms with van der Waals surface area (Å²) < 4.78 is 30.4. The van der Waals surface area contributed by atoms with Crippen molar-refractivity contribution in [1.29, 1.82) is 0 Å². The summed E-state index contributed by atoms with van der Waals surface area (Å²) in [5.41, 5.74) is 1.30. The second-order valence-corrected chi connectivity index (χ2v) is 9.82. The number of sulfone groups is 1. The van der Waals surface area contributed by atoms with E-state index in [2.05, 4.69) is 6.92 Å². The van der Waals surface area contributed by atoms with Gasteiger partial charge in [-0.15, -0.1) is 11.8 Å². The fourth-order valence-electron chi connectivity index (χ4n) is 2.38. The molecule has 1 heterocycles. The molecule has 0 amide bonds. The van der Waals surface area contributed by atoms with Gasteiger partial charge in [0.15, 0.2) is 9.84 Å². The molecule has 0 N–H and O–H groups in total. The molecule has 124 valence electrons. The molecule has 2 rings (SSSR count). The molecule has 22 heavy (non-hydrogen) atoms. The van der Waals surface area contributed by atoms with Gasteiger partial charge in [-0.1, -0.05) is 32.9 Å². The Labute approximate surface area is 138 Å². The van der Waals surface area contributed by atoms with Crippen molar-refractivity contribution in [2.24, 2.45) is 11.8 Å². The first-order valence-corrected chi connectivity index (χ1v) is 10.6. The van der Waals surface area contributed by atoms with Crippen molar-refractivity contribution < 1.29 is 13.2 Å². The Hall–Kier alpha value is -0.520. The Morgan fingerprint density at radius 2 is 2.14 bits per heavy atom. The minimum absolute atomic E-state index is 0.227. The number of thioether (sulfide) groups is 1. The zero-order valence-corrected chi connectivity index (χ0v) is 15.3. The molecule has 1 aliphatic rings. The molecule has 0 aromatic heterocycles. The molecule has 1 unspecified atom stereocenters. The van der Waals surface area contributed by atoms with Gasteiger partial charge in [0.05, 0.1) is 17.3 Å². The molecule has 1 aliphatic heterocycles. The molecule has 1 aromatic carbocycles. The van der Waals surface area contributed by atoms with E-state index in [1.807, 2.05) is 32.0 Å². The second-order valence-electron chi connectivity index (χ2n) is 6.56. The fourth-order valence-corrected chi connectivity index (χ4v) is 5.21. The first kappa shape index (κ1) is 17.8. The molecule has 3 nitrogen and oxygen atoms in total. The first-order chi connectivity index (χ1) is 10.4. The zero-order valence-electron chi connectivity index (χ0n) is 13.6. The number of ether oxygens (including phenoxy) is 1. The molecule has 0 spiro atoms. The summed E-state index contributed by atoms with van der Waals surface area (Å²) in [7, 11) is -3.16. The van der Waals surface area contributed by atoms with E-state index in [9.17, 15) is 8.42 Å². The van der Waals surface area contributed by atoms with Gasteiger partial charge in [-0.05, 0) is 42.4 Å². The van der Waals surface area contributed by atoms with Crippen molar-refractivity contribution in [2.75, 3.05) is 12.4 Å². The van der Waals surface area contributed by atoms with E-state index in [4.69, 9.17) is 4.74 Å². The standard InChI is InChI=1S/C17H26O3S2/c1-13(2)7-8-22(18,19)16-6-4-5-15(10-16)12-21-17-9-14(3)11-20-17/h4-6,10,13-14,17H,7-9,11-12H2,1-3H3/t14-,17?/m1/s1. The molecule has 2 atom stereocenters. The fraction of sp³-hybridized carbons (Fsp3) is 0.647. The van der Waals surface area contributed by atoms with Crippen molar-refractivity contribution in [3.63, 3.8) is 0 Å². The van der Waals surface area contributed by atoms with Gasteiger partial charge < -0.3 is 4.74 Å². The summed E-state index contributed by atoms with van der Waals surface area (Å²) in [5, 5.41) is 0. The quantitative estimate of drug-likeness (QED) is 0.747. The third kappa shape index (κ3) is 5.28. The minimum atomic E-state index is -3.16. The molecule has 0 bridgehead atoms. The van der Waals surface area contributed by atoms with Crippen LogP contribution in [-0.2, 0) is 20.3 Å². The lowest BCUT2D eigenvalue weighted by molar-refractivity contribution is 0.166. The maximum atomic E-state index is 12.4. The molecular formula is C17H26O3S2. The Bertz CT molecular complexity index is 581. The average Bonchev–Trinajstić information content (AvgIpc) is 2.89. The SMILES string of the molecule is CC(C)CCS(=O)(=O)c1cccc(CSC2C[C@@H](C)CO2)c1. The van der Waals surface area contributed by atoms with E-state index >= 15 is 0 Å². The number of hydrogen-bond donors (Lipinski definition) is 0. The van der Waals surface area contributed by atoms with Crippen molar-refractivity contribution in [2.45, 2.75) is 49.7 Å². The van der Waals surface area contributed by atoms with E-state index in [0.717, 1.165) is 24.3 Å². The highest BCUT2D eigenvalue weighted by Gasteiger charge is 2.22. The van der Waals surface area contributed by atoms with E-state index < -0.39 is 9.84 Å². The third-order valence-electron chi connectivity index (χ3n) is 3.82. The molecule has 1 fully saturated rings. The van der Waals surface area contributed by atoms with Gasteiger partial charge in [0.1, 0.15) is 5.44 Å². The van der Waals surface area contributed by atoms with Gasteiger partial charge in [-0.25, -0.2) is 8.42 Å². The molecular weight excluding hydrogens is 316 g/mol. The molecule has 5 heteroatoms. The minimum Gasteiger partial charge on any atom is -0.367 e. The lowest BCUT2D eigenvalue weighted by atomic mass is 10.2. The summed E-state index contributed by atoms with van der Waals surface area (Å²) in [6.45, 7) is 7.13. The number of rotatable bonds is 7. The van der Waals surface area contributed by atoms with Gasteiger partial charge >= 0.3 is 0 Å². The molecule has 1 saturated heterocycles. The van der Waals surface area contributed by atoms with Crippen LogP contribution in [0.2, 0.25) is 0 Å². The van der Waals surface area contributed by atoms with Crippen LogP contribution in [-0.4, -0.2) is 26.2 Å². The van der Waals surface area contributed by atoms with Crippen LogP contribution in [0.3, 0.4) is 0 Å². The van der Waals surface area contributed by atoms with Crippen molar-refractivity contribution in [3.8, 4) is 0 Å². The van der Waals surface area contributed by atoms with Crippen LogP contribution >= 0.6 is 11.8 Å². The Balaban J connectivity index is 1.97. The van der Waals surface area contributed by atoms with Crippen LogP contribution in [0.1, 0.15) is 39.2 Å². The predicted octanol–water partition coefficient (Wildman–Crippen LogP) is 4.12. The maximum Gasteiger partial charge on any atom is 0.178 e. The van der Waals surface area contributed by atoms with E-state index in [0.29, 0.717) is 23.2 Å². The van der Waals surface area contributed by atoms with Crippen LogP contribution in [0.5, 0.6) is 0 Å². The summed E-state index contributed by atoms with van der Waals surface area (Å²) in [6, 6.07) is 7.36. The highest BCUT2D eigenvalue weighted by atomic mass is 32.2. The summed E-state index contributed by atoms with van der Waals surface area (Å²) in [6.07, 6.45) is 1.78. The lowest BCUT2D eigenvalue weighted by Gasteiger charge is -2.11. The van der Waals surface area contributed by atoms with Crippen molar-refractivity contribution >= 4 is 21.6 Å².